The molecule has 0 aliphatic carbocycles. The number of aryl methyl sites for hydroxylation is 2. The number of nitrogen functional groups attached to an aromatic ring is 1. The van der Waals surface area contributed by atoms with Crippen LogP contribution in [0, 0.1) is 6.92 Å². The molecule has 1 amide bonds. The van der Waals surface area contributed by atoms with Crippen LogP contribution in [0.3, 0.4) is 0 Å². The van der Waals surface area contributed by atoms with E-state index in [-0.39, 0.29) is 5.91 Å². The van der Waals surface area contributed by atoms with Crippen molar-refractivity contribution < 1.29 is 4.79 Å². The van der Waals surface area contributed by atoms with Crippen LogP contribution in [-0.2, 0) is 13.6 Å². The van der Waals surface area contributed by atoms with Crippen LogP contribution < -0.4 is 11.1 Å². The quantitative estimate of drug-likeness (QED) is 0.864. The fraction of sp³-hybridized carbons (Fsp3) is 0.214. The summed E-state index contributed by atoms with van der Waals surface area (Å²) in [5.41, 5.74) is 9.08. The van der Waals surface area contributed by atoms with Gasteiger partial charge in [-0.1, -0.05) is 29.8 Å². The second-order valence-corrected chi connectivity index (χ2v) is 4.44. The number of benzene rings is 1. The molecule has 0 atom stereocenters. The van der Waals surface area contributed by atoms with Crippen molar-refractivity contribution >= 4 is 11.6 Å². The first-order valence-corrected chi connectivity index (χ1v) is 5.82. The molecule has 3 N–H and O–H groups in total. The van der Waals surface area contributed by atoms with E-state index in [1.807, 2.05) is 25.1 Å². The summed E-state index contributed by atoms with van der Waals surface area (Å²) in [5.74, 6) is -0.115. The Hall–Kier alpha value is -2.23. The van der Waals surface area contributed by atoms with Gasteiger partial charge in [-0.3, -0.25) is 4.79 Å². The first kappa shape index (κ1) is 12.2. The van der Waals surface area contributed by atoms with Crippen LogP contribution in [0.2, 0.25) is 0 Å². The summed E-state index contributed by atoms with van der Waals surface area (Å²) in [4.78, 5) is 11.9. The number of carbonyl (C=O) groups is 1. The third kappa shape index (κ3) is 2.71. The SMILES string of the molecule is Cc1cccc(CNC(=O)c2cc(N)cn2C)c1. The third-order valence-corrected chi connectivity index (χ3v) is 2.79. The van der Waals surface area contributed by atoms with Gasteiger partial charge in [-0.2, -0.15) is 0 Å². The van der Waals surface area contributed by atoms with Gasteiger partial charge in [-0.25, -0.2) is 0 Å². The van der Waals surface area contributed by atoms with Crippen molar-refractivity contribution in [2.45, 2.75) is 13.5 Å². The van der Waals surface area contributed by atoms with Gasteiger partial charge in [0.2, 0.25) is 0 Å². The van der Waals surface area contributed by atoms with Gasteiger partial charge in [-0.15, -0.1) is 0 Å². The molecule has 2 aromatic rings. The van der Waals surface area contributed by atoms with Crippen LogP contribution >= 0.6 is 0 Å². The molecule has 0 fully saturated rings. The maximum atomic E-state index is 11.9. The number of amides is 1. The fourth-order valence-electron chi connectivity index (χ4n) is 1.91. The molecule has 0 radical (unpaired) electrons. The maximum absolute atomic E-state index is 11.9. The fourth-order valence-corrected chi connectivity index (χ4v) is 1.91. The van der Waals surface area contributed by atoms with Crippen molar-refractivity contribution in [1.29, 1.82) is 0 Å². The Morgan fingerprint density at radius 3 is 2.78 bits per heavy atom. The molecule has 0 aliphatic heterocycles. The minimum Gasteiger partial charge on any atom is -0.397 e. The van der Waals surface area contributed by atoms with E-state index in [0.717, 1.165) is 5.56 Å². The van der Waals surface area contributed by atoms with Crippen molar-refractivity contribution in [2.75, 3.05) is 5.73 Å². The minimum atomic E-state index is -0.115. The molecule has 4 nitrogen and oxygen atoms in total. The van der Waals surface area contributed by atoms with E-state index in [1.165, 1.54) is 5.56 Å². The van der Waals surface area contributed by atoms with Crippen molar-refractivity contribution in [3.05, 3.63) is 53.3 Å². The topological polar surface area (TPSA) is 60.1 Å². The van der Waals surface area contributed by atoms with Crippen LogP contribution in [0.15, 0.2) is 36.5 Å². The standard InChI is InChI=1S/C14H17N3O/c1-10-4-3-5-11(6-10)8-16-14(18)13-7-12(15)9-17(13)2/h3-7,9H,8,15H2,1-2H3,(H,16,18). The Bertz CT molecular complexity index is 572. The number of rotatable bonds is 3. The van der Waals surface area contributed by atoms with E-state index in [0.29, 0.717) is 17.9 Å². The van der Waals surface area contributed by atoms with E-state index in [1.54, 1.807) is 23.9 Å². The van der Waals surface area contributed by atoms with Crippen LogP contribution in [0.25, 0.3) is 0 Å². The van der Waals surface area contributed by atoms with Gasteiger partial charge >= 0.3 is 0 Å². The number of hydrogen-bond acceptors (Lipinski definition) is 2. The number of anilines is 1. The van der Waals surface area contributed by atoms with E-state index < -0.39 is 0 Å². The highest BCUT2D eigenvalue weighted by atomic mass is 16.1. The molecule has 1 heterocycles. The second-order valence-electron chi connectivity index (χ2n) is 4.44. The molecule has 1 aromatic heterocycles. The van der Waals surface area contributed by atoms with Crippen LogP contribution in [0.4, 0.5) is 5.69 Å². The average molecular weight is 243 g/mol. The van der Waals surface area contributed by atoms with E-state index in [9.17, 15) is 4.79 Å². The highest BCUT2D eigenvalue weighted by molar-refractivity contribution is 5.93. The number of nitrogens with zero attached hydrogens (tertiary/aromatic N) is 1. The number of carbonyl (C=O) groups excluding carboxylic acids is 1. The summed E-state index contributed by atoms with van der Waals surface area (Å²) in [6.45, 7) is 2.55. The average Bonchev–Trinajstić information content (AvgIpc) is 2.66. The van der Waals surface area contributed by atoms with E-state index >= 15 is 0 Å². The predicted octanol–water partition coefficient (Wildman–Crippen LogP) is 1.85. The van der Waals surface area contributed by atoms with E-state index in [2.05, 4.69) is 11.4 Å². The van der Waals surface area contributed by atoms with Gasteiger partial charge in [-0.05, 0) is 18.6 Å². The summed E-state index contributed by atoms with van der Waals surface area (Å²) in [6.07, 6.45) is 1.72. The van der Waals surface area contributed by atoms with Crippen LogP contribution in [-0.4, -0.2) is 10.5 Å². The molecule has 4 heteroatoms. The summed E-state index contributed by atoms with van der Waals surface area (Å²) in [7, 11) is 1.80. The zero-order valence-electron chi connectivity index (χ0n) is 10.6. The summed E-state index contributed by atoms with van der Waals surface area (Å²) < 4.78 is 1.72. The first-order valence-electron chi connectivity index (χ1n) is 5.82. The highest BCUT2D eigenvalue weighted by Gasteiger charge is 2.10. The van der Waals surface area contributed by atoms with Crippen molar-refractivity contribution in [1.82, 2.24) is 9.88 Å². The molecule has 2 rings (SSSR count). The Morgan fingerprint density at radius 1 is 1.39 bits per heavy atom. The lowest BCUT2D eigenvalue weighted by Crippen LogP contribution is -2.24. The Kier molecular flexibility index (Phi) is 3.37. The molecular weight excluding hydrogens is 226 g/mol. The second kappa shape index (κ2) is 4.96. The Balaban J connectivity index is 2.03. The van der Waals surface area contributed by atoms with Gasteiger partial charge in [0.05, 0.1) is 5.69 Å². The molecule has 0 aliphatic rings. The molecule has 0 bridgehead atoms. The number of nitrogens with one attached hydrogen (secondary N) is 1. The minimum absolute atomic E-state index is 0.115. The third-order valence-electron chi connectivity index (χ3n) is 2.79. The summed E-state index contributed by atoms with van der Waals surface area (Å²) >= 11 is 0. The lowest BCUT2D eigenvalue weighted by Gasteiger charge is -2.06. The molecule has 1 aromatic carbocycles. The number of aromatic nitrogens is 1. The van der Waals surface area contributed by atoms with Crippen LogP contribution in [0.5, 0.6) is 0 Å². The zero-order chi connectivity index (χ0) is 13.1. The van der Waals surface area contributed by atoms with Crippen molar-refractivity contribution in [3.8, 4) is 0 Å². The summed E-state index contributed by atoms with van der Waals surface area (Å²) in [6, 6.07) is 9.73. The van der Waals surface area contributed by atoms with Gasteiger partial charge in [0.15, 0.2) is 0 Å². The van der Waals surface area contributed by atoms with Gasteiger partial charge in [0, 0.05) is 19.8 Å². The predicted molar refractivity (Wildman–Crippen MR) is 72.2 cm³/mol. The lowest BCUT2D eigenvalue weighted by molar-refractivity contribution is 0.0943. The van der Waals surface area contributed by atoms with E-state index in [4.69, 9.17) is 5.73 Å². The van der Waals surface area contributed by atoms with Crippen molar-refractivity contribution in [3.63, 3.8) is 0 Å². The Labute approximate surface area is 106 Å². The zero-order valence-corrected chi connectivity index (χ0v) is 10.6. The van der Waals surface area contributed by atoms with Gasteiger partial charge < -0.3 is 15.6 Å². The first-order chi connectivity index (χ1) is 8.56. The largest absolute Gasteiger partial charge is 0.397 e. The lowest BCUT2D eigenvalue weighted by atomic mass is 10.1. The molecule has 0 unspecified atom stereocenters. The smallest absolute Gasteiger partial charge is 0.268 e. The molecule has 0 saturated heterocycles. The molecule has 0 saturated carbocycles. The van der Waals surface area contributed by atoms with Gasteiger partial charge in [0.1, 0.15) is 5.69 Å². The van der Waals surface area contributed by atoms with Gasteiger partial charge in [0.25, 0.3) is 5.91 Å². The van der Waals surface area contributed by atoms with Crippen molar-refractivity contribution in [2.24, 2.45) is 7.05 Å². The Morgan fingerprint density at radius 2 is 2.17 bits per heavy atom. The number of nitrogens with two attached hydrogens (primary N) is 1. The molecular formula is C14H17N3O. The van der Waals surface area contributed by atoms with Crippen LogP contribution in [0.1, 0.15) is 21.6 Å². The molecule has 18 heavy (non-hydrogen) atoms. The summed E-state index contributed by atoms with van der Waals surface area (Å²) in [5, 5.41) is 2.88. The number of hydrogen-bond donors (Lipinski definition) is 2. The molecule has 0 spiro atoms. The molecule has 94 valence electrons. The highest BCUT2D eigenvalue weighted by Crippen LogP contribution is 2.09. The normalized spacial score (nSPS) is 10.3. The maximum Gasteiger partial charge on any atom is 0.268 e. The monoisotopic (exact) mass is 243 g/mol.